The summed E-state index contributed by atoms with van der Waals surface area (Å²) < 4.78 is 7.46. The largest absolute Gasteiger partial charge is 0.467 e. The minimum atomic E-state index is -0.166. The van der Waals surface area contributed by atoms with Crippen LogP contribution in [0.1, 0.15) is 52.3 Å². The molecule has 3 aromatic rings. The number of rotatable bonds is 5. The summed E-state index contributed by atoms with van der Waals surface area (Å²) in [6, 6.07) is 5.67. The average Bonchev–Trinajstić information content (AvgIpc) is 3.24. The number of anilines is 1. The smallest absolute Gasteiger partial charge is 0.259 e. The Morgan fingerprint density at radius 2 is 2.17 bits per heavy atom. The lowest BCUT2D eigenvalue weighted by Gasteiger charge is -2.07. The normalized spacial score (nSPS) is 11.2. The van der Waals surface area contributed by atoms with E-state index in [1.807, 2.05) is 45.9 Å². The van der Waals surface area contributed by atoms with Gasteiger partial charge in [-0.15, -0.1) is 10.2 Å². The van der Waals surface area contributed by atoms with Crippen LogP contribution in [0.5, 0.6) is 0 Å². The van der Waals surface area contributed by atoms with Crippen molar-refractivity contribution < 1.29 is 9.21 Å². The summed E-state index contributed by atoms with van der Waals surface area (Å²) in [5, 5.41) is 12.4. The van der Waals surface area contributed by atoms with Crippen LogP contribution in [-0.2, 0) is 6.54 Å². The van der Waals surface area contributed by atoms with Gasteiger partial charge in [-0.2, -0.15) is 0 Å². The van der Waals surface area contributed by atoms with Gasteiger partial charge in [-0.05, 0) is 32.0 Å². The first-order valence-corrected chi connectivity index (χ1v) is 8.61. The first-order chi connectivity index (χ1) is 11.5. The quantitative estimate of drug-likeness (QED) is 0.760. The Hall–Kier alpha value is -2.41. The molecule has 3 heterocycles. The molecule has 0 radical (unpaired) electrons. The molecular weight excluding hydrogens is 324 g/mol. The van der Waals surface area contributed by atoms with Gasteiger partial charge in [0.05, 0.1) is 18.4 Å². The van der Waals surface area contributed by atoms with Gasteiger partial charge >= 0.3 is 0 Å². The summed E-state index contributed by atoms with van der Waals surface area (Å²) in [7, 11) is 0. The van der Waals surface area contributed by atoms with Crippen LogP contribution in [0.3, 0.4) is 0 Å². The highest BCUT2D eigenvalue weighted by Gasteiger charge is 2.18. The zero-order chi connectivity index (χ0) is 17.3. The molecule has 0 spiro atoms. The third kappa shape index (κ3) is 3.26. The molecule has 1 N–H and O–H groups in total. The molecule has 0 aliphatic rings. The number of hydrogen-bond donors (Lipinski definition) is 1. The van der Waals surface area contributed by atoms with E-state index in [-0.39, 0.29) is 5.91 Å². The third-order valence-electron chi connectivity index (χ3n) is 3.87. The number of amides is 1. The number of aryl methyl sites for hydroxylation is 1. The van der Waals surface area contributed by atoms with Gasteiger partial charge < -0.3 is 8.98 Å². The lowest BCUT2D eigenvalue weighted by molar-refractivity contribution is 0.102. The minimum absolute atomic E-state index is 0.166. The lowest BCUT2D eigenvalue weighted by atomic mass is 10.2. The Bertz CT molecular complexity index is 846. The Morgan fingerprint density at radius 1 is 1.38 bits per heavy atom. The molecule has 0 saturated heterocycles. The van der Waals surface area contributed by atoms with Crippen molar-refractivity contribution in [3.8, 4) is 0 Å². The minimum Gasteiger partial charge on any atom is -0.467 e. The Balaban J connectivity index is 1.79. The van der Waals surface area contributed by atoms with Crippen LogP contribution in [0.15, 0.2) is 28.9 Å². The van der Waals surface area contributed by atoms with Crippen molar-refractivity contribution in [1.29, 1.82) is 0 Å². The summed E-state index contributed by atoms with van der Waals surface area (Å²) in [4.78, 5) is 12.6. The Labute approximate surface area is 144 Å². The number of aromatic nitrogens is 3. The SMILES string of the molecule is Cc1cc(C(=O)Nc2nnc(C(C)C)s2)c(C)n1Cc1ccco1. The number of carbonyl (C=O) groups excluding carboxylic acids is 1. The molecule has 0 atom stereocenters. The highest BCUT2D eigenvalue weighted by molar-refractivity contribution is 7.15. The number of nitrogens with zero attached hydrogens (tertiary/aromatic N) is 3. The standard InChI is InChI=1S/C17H20N4O2S/c1-10(2)16-19-20-17(24-16)18-15(22)14-8-11(3)21(12(14)4)9-13-6-5-7-23-13/h5-8,10H,9H2,1-4H3,(H,18,20,22). The monoisotopic (exact) mass is 344 g/mol. The van der Waals surface area contributed by atoms with Crippen molar-refractivity contribution in [1.82, 2.24) is 14.8 Å². The molecule has 0 saturated carbocycles. The van der Waals surface area contributed by atoms with Gasteiger partial charge in [0, 0.05) is 17.3 Å². The first-order valence-electron chi connectivity index (χ1n) is 7.79. The fraction of sp³-hybridized carbons (Fsp3) is 0.353. The van der Waals surface area contributed by atoms with Gasteiger partial charge in [-0.1, -0.05) is 25.2 Å². The predicted molar refractivity (Wildman–Crippen MR) is 93.7 cm³/mol. The van der Waals surface area contributed by atoms with Crippen LogP contribution >= 0.6 is 11.3 Å². The summed E-state index contributed by atoms with van der Waals surface area (Å²) in [6.07, 6.45) is 1.65. The van der Waals surface area contributed by atoms with Crippen molar-refractivity contribution in [3.05, 3.63) is 52.2 Å². The van der Waals surface area contributed by atoms with Crippen molar-refractivity contribution in [2.24, 2.45) is 0 Å². The van der Waals surface area contributed by atoms with Gasteiger partial charge in [0.15, 0.2) is 0 Å². The number of hydrogen-bond acceptors (Lipinski definition) is 5. The average molecular weight is 344 g/mol. The topological polar surface area (TPSA) is 73.0 Å². The summed E-state index contributed by atoms with van der Waals surface area (Å²) in [5.74, 6) is 0.987. The molecule has 24 heavy (non-hydrogen) atoms. The summed E-state index contributed by atoms with van der Waals surface area (Å²) in [5.41, 5.74) is 2.55. The maximum atomic E-state index is 12.6. The second kappa shape index (κ2) is 6.60. The van der Waals surface area contributed by atoms with E-state index in [1.54, 1.807) is 6.26 Å². The predicted octanol–water partition coefficient (Wildman–Crippen LogP) is 3.97. The molecule has 0 bridgehead atoms. The molecule has 1 amide bonds. The van der Waals surface area contributed by atoms with Gasteiger partial charge in [-0.25, -0.2) is 0 Å². The highest BCUT2D eigenvalue weighted by atomic mass is 32.1. The van der Waals surface area contributed by atoms with Crippen LogP contribution in [0.2, 0.25) is 0 Å². The van der Waals surface area contributed by atoms with E-state index in [1.165, 1.54) is 11.3 Å². The zero-order valence-corrected chi connectivity index (χ0v) is 15.0. The van der Waals surface area contributed by atoms with Crippen molar-refractivity contribution in [3.63, 3.8) is 0 Å². The van der Waals surface area contributed by atoms with Gasteiger partial charge in [-0.3, -0.25) is 10.1 Å². The van der Waals surface area contributed by atoms with Crippen LogP contribution in [0, 0.1) is 13.8 Å². The molecule has 3 rings (SSSR count). The molecule has 0 aromatic carbocycles. The molecular formula is C17H20N4O2S. The molecule has 0 aliphatic heterocycles. The van der Waals surface area contributed by atoms with E-state index in [0.29, 0.717) is 23.2 Å². The zero-order valence-electron chi connectivity index (χ0n) is 14.2. The number of furan rings is 1. The van der Waals surface area contributed by atoms with Crippen LogP contribution in [0.4, 0.5) is 5.13 Å². The van der Waals surface area contributed by atoms with Crippen molar-refractivity contribution in [2.45, 2.75) is 40.2 Å². The second-order valence-electron chi connectivity index (χ2n) is 6.00. The molecule has 3 aromatic heterocycles. The lowest BCUT2D eigenvalue weighted by Crippen LogP contribution is -2.13. The van der Waals surface area contributed by atoms with Crippen LogP contribution in [-0.4, -0.2) is 20.7 Å². The van der Waals surface area contributed by atoms with Crippen LogP contribution < -0.4 is 5.32 Å². The molecule has 6 nitrogen and oxygen atoms in total. The Kier molecular flexibility index (Phi) is 4.53. The van der Waals surface area contributed by atoms with Crippen molar-refractivity contribution >= 4 is 22.4 Å². The van der Waals surface area contributed by atoms with Gasteiger partial charge in [0.2, 0.25) is 5.13 Å². The van der Waals surface area contributed by atoms with E-state index in [0.717, 1.165) is 22.2 Å². The molecule has 0 fully saturated rings. The molecule has 7 heteroatoms. The maximum Gasteiger partial charge on any atom is 0.259 e. The van der Waals surface area contributed by atoms with Gasteiger partial charge in [0.25, 0.3) is 5.91 Å². The fourth-order valence-electron chi connectivity index (χ4n) is 2.52. The Morgan fingerprint density at radius 3 is 2.79 bits per heavy atom. The van der Waals surface area contributed by atoms with Crippen molar-refractivity contribution in [2.75, 3.05) is 5.32 Å². The van der Waals surface area contributed by atoms with E-state index in [9.17, 15) is 4.79 Å². The first kappa shape index (κ1) is 16.4. The molecule has 0 unspecified atom stereocenters. The summed E-state index contributed by atoms with van der Waals surface area (Å²) >= 11 is 1.41. The highest BCUT2D eigenvalue weighted by Crippen LogP contribution is 2.24. The second-order valence-corrected chi connectivity index (χ2v) is 7.01. The fourth-order valence-corrected chi connectivity index (χ4v) is 3.26. The maximum absolute atomic E-state index is 12.6. The number of nitrogens with one attached hydrogen (secondary N) is 1. The number of carbonyl (C=O) groups is 1. The third-order valence-corrected chi connectivity index (χ3v) is 5.01. The van der Waals surface area contributed by atoms with Crippen LogP contribution in [0.25, 0.3) is 0 Å². The molecule has 0 aliphatic carbocycles. The van der Waals surface area contributed by atoms with E-state index in [2.05, 4.69) is 20.1 Å². The molecule has 126 valence electrons. The van der Waals surface area contributed by atoms with E-state index < -0.39 is 0 Å². The van der Waals surface area contributed by atoms with E-state index >= 15 is 0 Å². The summed E-state index contributed by atoms with van der Waals surface area (Å²) in [6.45, 7) is 8.62. The van der Waals surface area contributed by atoms with Gasteiger partial charge in [0.1, 0.15) is 10.8 Å². The van der Waals surface area contributed by atoms with E-state index in [4.69, 9.17) is 4.42 Å².